The van der Waals surface area contributed by atoms with E-state index in [0.29, 0.717) is 11.0 Å². The van der Waals surface area contributed by atoms with Gasteiger partial charge < -0.3 is 14.6 Å². The smallest absolute Gasteiger partial charge is 0.246 e. The Bertz CT molecular complexity index is 1160. The summed E-state index contributed by atoms with van der Waals surface area (Å²) in [6.07, 6.45) is 4.45. The van der Waals surface area contributed by atoms with Crippen LogP contribution in [0.2, 0.25) is 0 Å². The molecule has 0 unspecified atom stereocenters. The third kappa shape index (κ3) is 3.93. The molecule has 4 aromatic rings. The molecule has 0 aliphatic heterocycles. The van der Waals surface area contributed by atoms with Crippen LogP contribution in [0.25, 0.3) is 11.0 Å². The van der Waals surface area contributed by atoms with Gasteiger partial charge in [-0.25, -0.2) is 9.97 Å². The third-order valence-electron chi connectivity index (χ3n) is 5.24. The highest BCUT2D eigenvalue weighted by Crippen LogP contribution is 2.29. The van der Waals surface area contributed by atoms with Crippen LogP contribution in [0.1, 0.15) is 29.2 Å². The van der Waals surface area contributed by atoms with Gasteiger partial charge in [-0.1, -0.05) is 30.3 Å². The lowest BCUT2D eigenvalue weighted by molar-refractivity contribution is -0.116. The van der Waals surface area contributed by atoms with Gasteiger partial charge in [-0.05, 0) is 49.9 Å². The van der Waals surface area contributed by atoms with Crippen LogP contribution < -0.4 is 10.1 Å². The summed E-state index contributed by atoms with van der Waals surface area (Å²) in [5.41, 5.74) is 2.91. The number of para-hydroxylation sites is 3. The zero-order valence-electron chi connectivity index (χ0n) is 16.5. The summed E-state index contributed by atoms with van der Waals surface area (Å²) in [6.45, 7) is 0.454. The Hall–Kier alpha value is -3.19. The standard InChI is InChI=1S/C23H22N4O2S/c28-22(26-23-25-18-11-5-7-13-20(18)30-23)14-27-19-12-6-4-10-17(19)24-21(27)15-29-16-8-2-1-3-9-16/h1-4,6,8-10,12H,5,7,11,13-15H2,(H,25,26,28). The van der Waals surface area contributed by atoms with E-state index in [-0.39, 0.29) is 19.1 Å². The lowest BCUT2D eigenvalue weighted by Gasteiger charge is -2.10. The van der Waals surface area contributed by atoms with Gasteiger partial charge in [0.15, 0.2) is 5.13 Å². The van der Waals surface area contributed by atoms with Crippen molar-refractivity contribution in [3.05, 3.63) is 71.0 Å². The van der Waals surface area contributed by atoms with Crippen molar-refractivity contribution in [2.45, 2.75) is 38.8 Å². The van der Waals surface area contributed by atoms with Gasteiger partial charge in [0.25, 0.3) is 0 Å². The molecule has 0 atom stereocenters. The van der Waals surface area contributed by atoms with Gasteiger partial charge in [0.1, 0.15) is 24.7 Å². The summed E-state index contributed by atoms with van der Waals surface area (Å²) in [5, 5.41) is 3.68. The molecule has 0 bridgehead atoms. The van der Waals surface area contributed by atoms with Gasteiger partial charge in [-0.2, -0.15) is 0 Å². The van der Waals surface area contributed by atoms with Crippen molar-refractivity contribution in [1.82, 2.24) is 14.5 Å². The number of benzene rings is 2. The summed E-state index contributed by atoms with van der Waals surface area (Å²) in [4.78, 5) is 23.4. The molecule has 7 heteroatoms. The average molecular weight is 419 g/mol. The van der Waals surface area contributed by atoms with E-state index in [1.54, 1.807) is 11.3 Å². The number of nitrogens with one attached hydrogen (secondary N) is 1. The number of rotatable bonds is 6. The fraction of sp³-hybridized carbons (Fsp3) is 0.261. The molecule has 1 N–H and O–H groups in total. The maximum Gasteiger partial charge on any atom is 0.246 e. The molecule has 152 valence electrons. The van der Waals surface area contributed by atoms with Gasteiger partial charge >= 0.3 is 0 Å². The second-order valence-corrected chi connectivity index (χ2v) is 8.43. The molecule has 5 rings (SSSR count). The van der Waals surface area contributed by atoms with Crippen LogP contribution in [0.5, 0.6) is 5.75 Å². The second kappa shape index (κ2) is 8.28. The summed E-state index contributed by atoms with van der Waals surface area (Å²) < 4.78 is 7.81. The molecule has 6 nitrogen and oxygen atoms in total. The molecule has 1 amide bonds. The van der Waals surface area contributed by atoms with Gasteiger partial charge in [0.2, 0.25) is 5.91 Å². The topological polar surface area (TPSA) is 69.0 Å². The van der Waals surface area contributed by atoms with Crippen molar-refractivity contribution in [2.24, 2.45) is 0 Å². The average Bonchev–Trinajstić information content (AvgIpc) is 3.33. The molecular weight excluding hydrogens is 396 g/mol. The lowest BCUT2D eigenvalue weighted by atomic mass is 10.0. The molecule has 2 aromatic carbocycles. The molecule has 1 aliphatic rings. The van der Waals surface area contributed by atoms with Gasteiger partial charge in [0, 0.05) is 4.88 Å². The Morgan fingerprint density at radius 3 is 2.70 bits per heavy atom. The van der Waals surface area contributed by atoms with E-state index in [1.165, 1.54) is 17.7 Å². The highest BCUT2D eigenvalue weighted by atomic mass is 32.1. The second-order valence-electron chi connectivity index (χ2n) is 7.35. The maximum atomic E-state index is 12.8. The Morgan fingerprint density at radius 1 is 1.03 bits per heavy atom. The minimum absolute atomic E-state index is 0.106. The number of anilines is 1. The predicted octanol–water partition coefficient (Wildman–Crippen LogP) is 4.59. The van der Waals surface area contributed by atoms with Crippen molar-refractivity contribution in [3.8, 4) is 5.75 Å². The molecule has 1 aliphatic carbocycles. The van der Waals surface area contributed by atoms with Crippen molar-refractivity contribution in [2.75, 3.05) is 5.32 Å². The SMILES string of the molecule is O=C(Cn1c(COc2ccccc2)nc2ccccc21)Nc1nc2c(s1)CCCC2. The van der Waals surface area contributed by atoms with Gasteiger partial charge in [-0.3, -0.25) is 4.79 Å². The van der Waals surface area contributed by atoms with Crippen LogP contribution in [-0.2, 0) is 30.8 Å². The van der Waals surface area contributed by atoms with Crippen LogP contribution >= 0.6 is 11.3 Å². The fourth-order valence-corrected chi connectivity index (χ4v) is 4.85. The molecule has 0 spiro atoms. The Labute approximate surface area is 178 Å². The number of nitrogens with zero attached hydrogens (tertiary/aromatic N) is 3. The molecule has 2 aromatic heterocycles. The van der Waals surface area contributed by atoms with E-state index in [9.17, 15) is 4.79 Å². The van der Waals surface area contributed by atoms with Crippen LogP contribution in [0, 0.1) is 0 Å². The van der Waals surface area contributed by atoms with E-state index in [0.717, 1.165) is 35.3 Å². The number of amides is 1. The molecule has 0 fully saturated rings. The number of carbonyl (C=O) groups excluding carboxylic acids is 1. The first-order chi connectivity index (χ1) is 14.8. The number of hydrogen-bond acceptors (Lipinski definition) is 5. The lowest BCUT2D eigenvalue weighted by Crippen LogP contribution is -2.20. The minimum Gasteiger partial charge on any atom is -0.486 e. The van der Waals surface area contributed by atoms with Crippen LogP contribution in [0.15, 0.2) is 54.6 Å². The Balaban J connectivity index is 1.35. The highest BCUT2D eigenvalue weighted by Gasteiger charge is 2.18. The summed E-state index contributed by atoms with van der Waals surface area (Å²) in [5.74, 6) is 1.38. The molecule has 0 saturated heterocycles. The molecule has 30 heavy (non-hydrogen) atoms. The molecule has 2 heterocycles. The van der Waals surface area contributed by atoms with E-state index < -0.39 is 0 Å². The number of fused-ring (bicyclic) bond motifs is 2. The quantitative estimate of drug-likeness (QED) is 0.497. The number of thiazole rings is 1. The van der Waals surface area contributed by atoms with Crippen molar-refractivity contribution in [1.29, 1.82) is 0 Å². The summed E-state index contributed by atoms with van der Waals surface area (Å²) in [7, 11) is 0. The van der Waals surface area contributed by atoms with Gasteiger partial charge in [-0.15, -0.1) is 11.3 Å². The van der Waals surface area contributed by atoms with Crippen molar-refractivity contribution in [3.63, 3.8) is 0 Å². The summed E-state index contributed by atoms with van der Waals surface area (Å²) in [6, 6.07) is 17.4. The number of carbonyl (C=O) groups is 1. The first kappa shape index (κ1) is 18.8. The molecule has 0 radical (unpaired) electrons. The van der Waals surface area contributed by atoms with Crippen molar-refractivity contribution < 1.29 is 9.53 Å². The predicted molar refractivity (Wildman–Crippen MR) is 118 cm³/mol. The van der Waals surface area contributed by atoms with Crippen LogP contribution in [-0.4, -0.2) is 20.4 Å². The first-order valence-electron chi connectivity index (χ1n) is 10.2. The van der Waals surface area contributed by atoms with E-state index >= 15 is 0 Å². The van der Waals surface area contributed by atoms with E-state index in [2.05, 4.69) is 15.3 Å². The zero-order valence-corrected chi connectivity index (χ0v) is 17.3. The van der Waals surface area contributed by atoms with Crippen molar-refractivity contribution >= 4 is 33.4 Å². The maximum absolute atomic E-state index is 12.8. The number of hydrogen-bond donors (Lipinski definition) is 1. The number of imidazole rings is 1. The fourth-order valence-electron chi connectivity index (χ4n) is 3.78. The largest absolute Gasteiger partial charge is 0.486 e. The first-order valence-corrected chi connectivity index (χ1v) is 11.0. The molecular formula is C23H22N4O2S. The highest BCUT2D eigenvalue weighted by molar-refractivity contribution is 7.15. The summed E-state index contributed by atoms with van der Waals surface area (Å²) >= 11 is 1.60. The van der Waals surface area contributed by atoms with E-state index in [1.807, 2.05) is 59.2 Å². The van der Waals surface area contributed by atoms with Gasteiger partial charge in [0.05, 0.1) is 16.7 Å². The van der Waals surface area contributed by atoms with E-state index in [4.69, 9.17) is 4.74 Å². The Kier molecular flexibility index (Phi) is 5.19. The monoisotopic (exact) mass is 418 g/mol. The number of aromatic nitrogens is 3. The third-order valence-corrected chi connectivity index (χ3v) is 6.31. The number of aryl methyl sites for hydroxylation is 2. The van der Waals surface area contributed by atoms with Crippen LogP contribution in [0.3, 0.4) is 0 Å². The van der Waals surface area contributed by atoms with Crippen LogP contribution in [0.4, 0.5) is 5.13 Å². The zero-order chi connectivity index (χ0) is 20.3. The Morgan fingerprint density at radius 2 is 1.83 bits per heavy atom. The normalized spacial score (nSPS) is 13.2. The molecule has 0 saturated carbocycles. The minimum atomic E-state index is -0.106. The number of ether oxygens (including phenoxy) is 1.